The molecule has 0 fully saturated rings. The number of thiazole rings is 1. The van der Waals surface area contributed by atoms with E-state index < -0.39 is 35.8 Å². The predicted octanol–water partition coefficient (Wildman–Crippen LogP) is 2.14. The third-order valence-corrected chi connectivity index (χ3v) is 6.39. The van der Waals surface area contributed by atoms with E-state index >= 15 is 0 Å². The second-order valence-corrected chi connectivity index (χ2v) is 9.43. The number of nitrogens with zero attached hydrogens (tertiary/aromatic N) is 1. The number of amides is 3. The van der Waals surface area contributed by atoms with Crippen molar-refractivity contribution in [1.82, 2.24) is 20.9 Å². The average Bonchev–Trinajstić information content (AvgIpc) is 3.28. The largest absolute Gasteiger partial charge is 0.445 e. The maximum absolute atomic E-state index is 13.0. The van der Waals surface area contributed by atoms with Crippen LogP contribution in [-0.2, 0) is 38.6 Å². The minimum Gasteiger partial charge on any atom is -0.445 e. The molecule has 3 rings (SSSR count). The van der Waals surface area contributed by atoms with Gasteiger partial charge in [-0.2, -0.15) is 0 Å². The fraction of sp³-hybridized carbons (Fsp3) is 0.458. The molecule has 3 amide bonds. The van der Waals surface area contributed by atoms with Gasteiger partial charge in [0.25, 0.3) is 5.91 Å². The monoisotopic (exact) mass is 486 g/mol. The molecule has 0 aliphatic carbocycles. The number of ether oxygens (including phenoxy) is 1. The first-order valence-corrected chi connectivity index (χ1v) is 12.2. The van der Waals surface area contributed by atoms with E-state index in [4.69, 9.17) is 4.74 Å². The van der Waals surface area contributed by atoms with Gasteiger partial charge >= 0.3 is 6.09 Å². The van der Waals surface area contributed by atoms with E-state index in [9.17, 15) is 19.2 Å². The fourth-order valence-corrected chi connectivity index (χ4v) is 4.37. The number of hydrogen-bond donors (Lipinski definition) is 3. The molecule has 2 heterocycles. The van der Waals surface area contributed by atoms with E-state index in [0.717, 1.165) is 22.7 Å². The molecule has 2 bridgehead atoms. The smallest absolute Gasteiger partial charge is 0.408 e. The molecule has 2 atom stereocenters. The second-order valence-electron chi connectivity index (χ2n) is 8.48. The molecule has 0 saturated heterocycles. The molecule has 182 valence electrons. The maximum atomic E-state index is 13.0. The van der Waals surface area contributed by atoms with Gasteiger partial charge in [0, 0.05) is 18.3 Å². The van der Waals surface area contributed by atoms with Gasteiger partial charge in [0.2, 0.25) is 11.7 Å². The Balaban J connectivity index is 1.64. The van der Waals surface area contributed by atoms with E-state index in [1.165, 1.54) is 11.3 Å². The third-order valence-electron chi connectivity index (χ3n) is 5.43. The SMILES string of the molecule is CC(C)C(NC(=O)OCc1ccccc1)C(=O)NC1CCc2nc(cs2)CCCNC(=O)C1=O. The normalized spacial score (nSPS) is 17.7. The molecule has 34 heavy (non-hydrogen) atoms. The molecule has 1 aliphatic rings. The molecule has 0 radical (unpaired) electrons. The second kappa shape index (κ2) is 12.3. The third kappa shape index (κ3) is 7.38. The highest BCUT2D eigenvalue weighted by atomic mass is 32.1. The number of carbonyl (C=O) groups excluding carboxylic acids is 4. The molecule has 1 aromatic heterocycles. The van der Waals surface area contributed by atoms with Gasteiger partial charge in [-0.05, 0) is 30.7 Å². The number of aryl methyl sites for hydroxylation is 2. The minimum absolute atomic E-state index is 0.0657. The van der Waals surface area contributed by atoms with E-state index in [-0.39, 0.29) is 18.9 Å². The number of carbonyl (C=O) groups is 4. The Morgan fingerprint density at radius 3 is 2.71 bits per heavy atom. The number of benzene rings is 1. The van der Waals surface area contributed by atoms with Gasteiger partial charge in [0.15, 0.2) is 0 Å². The molecular weight excluding hydrogens is 456 g/mol. The molecule has 9 nitrogen and oxygen atoms in total. The van der Waals surface area contributed by atoms with Crippen LogP contribution in [0.15, 0.2) is 35.7 Å². The zero-order valence-electron chi connectivity index (χ0n) is 19.3. The summed E-state index contributed by atoms with van der Waals surface area (Å²) >= 11 is 1.50. The van der Waals surface area contributed by atoms with Crippen LogP contribution in [-0.4, -0.2) is 47.3 Å². The average molecular weight is 487 g/mol. The first kappa shape index (κ1) is 25.4. The van der Waals surface area contributed by atoms with Gasteiger partial charge in [-0.25, -0.2) is 9.78 Å². The lowest BCUT2D eigenvalue weighted by Crippen LogP contribution is -2.55. The van der Waals surface area contributed by atoms with Crippen LogP contribution >= 0.6 is 11.3 Å². The molecule has 0 saturated carbocycles. The van der Waals surface area contributed by atoms with Crippen molar-refractivity contribution in [3.8, 4) is 0 Å². The Morgan fingerprint density at radius 1 is 1.21 bits per heavy atom. The van der Waals surface area contributed by atoms with Crippen molar-refractivity contribution in [3.63, 3.8) is 0 Å². The minimum atomic E-state index is -1.03. The van der Waals surface area contributed by atoms with Crippen molar-refractivity contribution in [2.45, 2.75) is 58.2 Å². The van der Waals surface area contributed by atoms with E-state index in [2.05, 4.69) is 20.9 Å². The van der Waals surface area contributed by atoms with Crippen LogP contribution in [0.4, 0.5) is 4.79 Å². The number of hydrogen-bond acceptors (Lipinski definition) is 7. The summed E-state index contributed by atoms with van der Waals surface area (Å²) in [6, 6.07) is 7.22. The number of aromatic nitrogens is 1. The van der Waals surface area contributed by atoms with Crippen LogP contribution in [0, 0.1) is 5.92 Å². The standard InChI is InChI=1S/C24H30N4O5S/c1-15(2)20(28-24(32)33-13-16-7-4-3-5-8-16)22(30)27-18-10-11-19-26-17(14-34-19)9-6-12-25-23(31)21(18)29/h3-5,7-8,14-15,18,20H,6,9-13H2,1-2H3,(H,25,31)(H,27,30)(H,28,32). The summed E-state index contributed by atoms with van der Waals surface area (Å²) in [6.07, 6.45) is 1.34. The van der Waals surface area contributed by atoms with Crippen LogP contribution in [0.1, 0.15) is 43.0 Å². The van der Waals surface area contributed by atoms with E-state index in [1.54, 1.807) is 13.8 Å². The highest BCUT2D eigenvalue weighted by Gasteiger charge is 2.32. The van der Waals surface area contributed by atoms with Crippen LogP contribution in [0.25, 0.3) is 0 Å². The topological polar surface area (TPSA) is 126 Å². The Morgan fingerprint density at radius 2 is 1.97 bits per heavy atom. The van der Waals surface area contributed by atoms with E-state index in [1.807, 2.05) is 35.7 Å². The van der Waals surface area contributed by atoms with E-state index in [0.29, 0.717) is 19.4 Å². The van der Waals surface area contributed by atoms with Gasteiger partial charge in [-0.3, -0.25) is 14.4 Å². The Bertz CT molecular complexity index is 1010. The number of nitrogens with one attached hydrogen (secondary N) is 3. The lowest BCUT2D eigenvalue weighted by Gasteiger charge is -2.24. The molecule has 2 aromatic rings. The van der Waals surface area contributed by atoms with Gasteiger partial charge in [-0.15, -0.1) is 11.3 Å². The van der Waals surface area contributed by atoms with Crippen molar-refractivity contribution in [2.24, 2.45) is 5.92 Å². The summed E-state index contributed by atoms with van der Waals surface area (Å²) in [6.45, 7) is 3.96. The molecule has 2 unspecified atom stereocenters. The maximum Gasteiger partial charge on any atom is 0.408 e. The van der Waals surface area contributed by atoms with Crippen molar-refractivity contribution in [3.05, 3.63) is 52.0 Å². The number of ketones is 1. The Labute approximate surface area is 202 Å². The van der Waals surface area contributed by atoms with Gasteiger partial charge in [0.1, 0.15) is 12.6 Å². The molecule has 0 spiro atoms. The van der Waals surface area contributed by atoms with Crippen molar-refractivity contribution >= 4 is 35.0 Å². The molecule has 10 heteroatoms. The number of Topliss-reactive ketones (excluding diaryl/α,β-unsaturated/α-hetero) is 1. The summed E-state index contributed by atoms with van der Waals surface area (Å²) in [7, 11) is 0. The Hall–Kier alpha value is -3.27. The van der Waals surface area contributed by atoms with Crippen LogP contribution < -0.4 is 16.0 Å². The summed E-state index contributed by atoms with van der Waals surface area (Å²) in [4.78, 5) is 55.0. The van der Waals surface area contributed by atoms with Crippen LogP contribution in [0.5, 0.6) is 0 Å². The summed E-state index contributed by atoms with van der Waals surface area (Å²) in [5, 5.41) is 10.7. The van der Waals surface area contributed by atoms with Gasteiger partial charge in [-0.1, -0.05) is 44.2 Å². The lowest BCUT2D eigenvalue weighted by atomic mass is 10.0. The Kier molecular flexibility index (Phi) is 9.15. The number of rotatable bonds is 6. The molecule has 3 N–H and O–H groups in total. The zero-order chi connectivity index (χ0) is 24.5. The van der Waals surface area contributed by atoms with Crippen molar-refractivity contribution in [1.29, 1.82) is 0 Å². The first-order valence-electron chi connectivity index (χ1n) is 11.4. The quantitative estimate of drug-likeness (QED) is 0.537. The molecule has 1 aliphatic heterocycles. The summed E-state index contributed by atoms with van der Waals surface area (Å²) in [5.41, 5.74) is 1.78. The number of fused-ring (bicyclic) bond motifs is 2. The molecular formula is C24H30N4O5S. The fourth-order valence-electron chi connectivity index (χ4n) is 3.52. The summed E-state index contributed by atoms with van der Waals surface area (Å²) in [5.74, 6) is -2.26. The molecule has 1 aromatic carbocycles. The summed E-state index contributed by atoms with van der Waals surface area (Å²) < 4.78 is 5.23. The lowest BCUT2D eigenvalue weighted by molar-refractivity contribution is -0.140. The van der Waals surface area contributed by atoms with Gasteiger partial charge < -0.3 is 20.7 Å². The zero-order valence-corrected chi connectivity index (χ0v) is 20.2. The van der Waals surface area contributed by atoms with Crippen LogP contribution in [0.3, 0.4) is 0 Å². The van der Waals surface area contributed by atoms with Gasteiger partial charge in [0.05, 0.1) is 16.7 Å². The highest BCUT2D eigenvalue weighted by Crippen LogP contribution is 2.15. The van der Waals surface area contributed by atoms with Crippen molar-refractivity contribution < 1.29 is 23.9 Å². The first-order chi connectivity index (χ1) is 16.3. The van der Waals surface area contributed by atoms with Crippen LogP contribution in [0.2, 0.25) is 0 Å². The highest BCUT2D eigenvalue weighted by molar-refractivity contribution is 7.09. The predicted molar refractivity (Wildman–Crippen MR) is 127 cm³/mol. The number of alkyl carbamates (subject to hydrolysis) is 1. The van der Waals surface area contributed by atoms with Crippen molar-refractivity contribution in [2.75, 3.05) is 6.54 Å².